The first-order chi connectivity index (χ1) is 8.10. The lowest BCUT2D eigenvalue weighted by Crippen LogP contribution is -2.22. The second kappa shape index (κ2) is 4.46. The molecule has 92 valence electrons. The number of nitrogens with one attached hydrogen (secondary N) is 1. The van der Waals surface area contributed by atoms with Gasteiger partial charge in [-0.15, -0.1) is 0 Å². The van der Waals surface area contributed by atoms with Crippen molar-refractivity contribution in [3.63, 3.8) is 0 Å². The molecule has 5 nitrogen and oxygen atoms in total. The molecule has 0 radical (unpaired) electrons. The second-order valence-electron chi connectivity index (χ2n) is 3.63. The number of benzene rings is 1. The van der Waals surface area contributed by atoms with E-state index in [1.165, 1.54) is 7.11 Å². The van der Waals surface area contributed by atoms with E-state index in [-0.39, 0.29) is 4.90 Å². The Balaban J connectivity index is 2.55. The van der Waals surface area contributed by atoms with Gasteiger partial charge in [-0.2, -0.15) is 12.8 Å². The van der Waals surface area contributed by atoms with Crippen molar-refractivity contribution in [2.45, 2.75) is 11.8 Å². The molecule has 0 amide bonds. The van der Waals surface area contributed by atoms with Gasteiger partial charge in [0.25, 0.3) is 10.0 Å². The lowest BCUT2D eigenvalue weighted by Gasteiger charge is -2.08. The summed E-state index contributed by atoms with van der Waals surface area (Å²) in [6, 6.07) is 4.94. The quantitative estimate of drug-likeness (QED) is 0.863. The Morgan fingerprint density at radius 3 is 2.82 bits per heavy atom. The predicted molar refractivity (Wildman–Crippen MR) is 65.3 cm³/mol. The molecule has 1 aromatic carbocycles. The van der Waals surface area contributed by atoms with E-state index in [4.69, 9.17) is 4.74 Å². The Labute approximate surface area is 101 Å². The highest BCUT2D eigenvalue weighted by molar-refractivity contribution is 7.90. The highest BCUT2D eigenvalue weighted by Crippen LogP contribution is 2.32. The zero-order valence-electron chi connectivity index (χ0n) is 9.73. The van der Waals surface area contributed by atoms with Crippen LogP contribution in [0, 0.1) is 0 Å². The van der Waals surface area contributed by atoms with Gasteiger partial charge in [0.2, 0.25) is 0 Å². The van der Waals surface area contributed by atoms with Crippen molar-refractivity contribution < 1.29 is 13.2 Å². The third kappa shape index (κ3) is 2.05. The van der Waals surface area contributed by atoms with Crippen LogP contribution in [0.2, 0.25) is 0 Å². The fourth-order valence-corrected chi connectivity index (χ4v) is 3.06. The molecule has 1 aliphatic heterocycles. The van der Waals surface area contributed by atoms with E-state index in [0.29, 0.717) is 23.6 Å². The summed E-state index contributed by atoms with van der Waals surface area (Å²) >= 11 is 0. The molecule has 17 heavy (non-hydrogen) atoms. The number of sulfonamides is 1. The molecular formula is C11H14N2O3S. The second-order valence-corrected chi connectivity index (χ2v) is 5.20. The van der Waals surface area contributed by atoms with E-state index in [9.17, 15) is 8.42 Å². The zero-order chi connectivity index (χ0) is 12.5. The molecular weight excluding hydrogens is 240 g/mol. The average molecular weight is 254 g/mol. The molecule has 0 aliphatic carbocycles. The molecule has 0 saturated heterocycles. The molecule has 1 N–H and O–H groups in total. The van der Waals surface area contributed by atoms with Crippen LogP contribution in [0.1, 0.15) is 12.5 Å². The predicted octanol–water partition coefficient (Wildman–Crippen LogP) is 0.796. The fraction of sp³-hybridized carbons (Fsp3) is 0.364. The minimum absolute atomic E-state index is 0.227. The summed E-state index contributed by atoms with van der Waals surface area (Å²) in [5, 5.41) is 3.07. The Morgan fingerprint density at radius 2 is 2.18 bits per heavy atom. The summed E-state index contributed by atoms with van der Waals surface area (Å²) in [6.07, 6.45) is 0. The number of fused-ring (bicyclic) bond motifs is 1. The molecule has 1 heterocycles. The number of rotatable bonds is 4. The maximum absolute atomic E-state index is 11.8. The fourth-order valence-electron chi connectivity index (χ4n) is 1.78. The summed E-state index contributed by atoms with van der Waals surface area (Å²) in [7, 11) is -2.03. The summed E-state index contributed by atoms with van der Waals surface area (Å²) in [5.74, 6) is 0.542. The van der Waals surface area contributed by atoms with Crippen LogP contribution >= 0.6 is 0 Å². The van der Waals surface area contributed by atoms with Gasteiger partial charge in [0.1, 0.15) is 10.6 Å². The largest absolute Gasteiger partial charge is 0.496 e. The van der Waals surface area contributed by atoms with Crippen molar-refractivity contribution in [3.8, 4) is 5.75 Å². The molecule has 0 spiro atoms. The van der Waals surface area contributed by atoms with Gasteiger partial charge in [0, 0.05) is 6.54 Å². The number of ether oxygens (including phenoxy) is 1. The molecule has 1 aromatic rings. The van der Waals surface area contributed by atoms with Gasteiger partial charge in [0.15, 0.2) is 0 Å². The van der Waals surface area contributed by atoms with E-state index in [0.717, 1.165) is 6.54 Å². The molecule has 2 rings (SSSR count). The van der Waals surface area contributed by atoms with E-state index in [2.05, 4.69) is 9.71 Å². The third-order valence-corrected chi connectivity index (χ3v) is 3.90. The van der Waals surface area contributed by atoms with Gasteiger partial charge in [-0.3, -0.25) is 0 Å². The van der Waals surface area contributed by atoms with Crippen molar-refractivity contribution >= 4 is 15.7 Å². The van der Waals surface area contributed by atoms with Crippen LogP contribution in [0.5, 0.6) is 5.75 Å². The van der Waals surface area contributed by atoms with E-state index >= 15 is 0 Å². The maximum atomic E-state index is 11.8. The van der Waals surface area contributed by atoms with Gasteiger partial charge in [-0.1, -0.05) is 13.0 Å². The topological polar surface area (TPSA) is 67.8 Å². The SMILES string of the molecule is CCNCC1=NS(=O)(=O)c2cccc(OC)c21. The monoisotopic (exact) mass is 254 g/mol. The first-order valence-corrected chi connectivity index (χ1v) is 6.76. The number of hydrogen-bond acceptors (Lipinski definition) is 4. The van der Waals surface area contributed by atoms with Crippen molar-refractivity contribution in [2.75, 3.05) is 20.2 Å². The van der Waals surface area contributed by atoms with Crippen LogP contribution in [-0.4, -0.2) is 34.3 Å². The minimum atomic E-state index is -3.55. The maximum Gasteiger partial charge on any atom is 0.283 e. The molecule has 1 aliphatic rings. The Bertz CT molecular complexity index is 564. The normalized spacial score (nSPS) is 16.5. The Hall–Kier alpha value is -1.40. The van der Waals surface area contributed by atoms with E-state index in [1.807, 2.05) is 6.92 Å². The van der Waals surface area contributed by atoms with Crippen molar-refractivity contribution in [1.29, 1.82) is 0 Å². The molecule has 0 unspecified atom stereocenters. The number of methoxy groups -OCH3 is 1. The molecule has 0 saturated carbocycles. The van der Waals surface area contributed by atoms with Gasteiger partial charge in [-0.25, -0.2) is 0 Å². The highest BCUT2D eigenvalue weighted by Gasteiger charge is 2.31. The Kier molecular flexibility index (Phi) is 3.17. The van der Waals surface area contributed by atoms with Gasteiger partial charge < -0.3 is 10.1 Å². The molecule has 0 bridgehead atoms. The van der Waals surface area contributed by atoms with E-state index < -0.39 is 10.0 Å². The lowest BCUT2D eigenvalue weighted by molar-refractivity contribution is 0.412. The third-order valence-electron chi connectivity index (χ3n) is 2.55. The Morgan fingerprint density at radius 1 is 1.41 bits per heavy atom. The van der Waals surface area contributed by atoms with Crippen LogP contribution in [0.25, 0.3) is 0 Å². The van der Waals surface area contributed by atoms with Crippen LogP contribution in [-0.2, 0) is 10.0 Å². The molecule has 0 atom stereocenters. The standard InChI is InChI=1S/C11H14N2O3S/c1-3-12-7-8-11-9(16-2)5-4-6-10(11)17(14,15)13-8/h4-6,12H,3,7H2,1-2H3. The van der Waals surface area contributed by atoms with Gasteiger partial charge in [-0.05, 0) is 18.7 Å². The van der Waals surface area contributed by atoms with Crippen molar-refractivity contribution in [1.82, 2.24) is 5.32 Å². The molecule has 0 fully saturated rings. The van der Waals surface area contributed by atoms with Crippen LogP contribution < -0.4 is 10.1 Å². The lowest BCUT2D eigenvalue weighted by atomic mass is 10.1. The number of nitrogens with zero attached hydrogens (tertiary/aromatic N) is 1. The summed E-state index contributed by atoms with van der Waals surface area (Å²) in [5.41, 5.74) is 1.09. The van der Waals surface area contributed by atoms with E-state index in [1.54, 1.807) is 18.2 Å². The number of hydrogen-bond donors (Lipinski definition) is 1. The van der Waals surface area contributed by atoms with Crippen LogP contribution in [0.15, 0.2) is 27.5 Å². The number of likely N-dealkylation sites (N-methyl/N-ethyl adjacent to an activating group) is 1. The van der Waals surface area contributed by atoms with Crippen molar-refractivity contribution in [3.05, 3.63) is 23.8 Å². The average Bonchev–Trinajstić information content (AvgIpc) is 2.58. The molecule has 0 aromatic heterocycles. The first kappa shape index (κ1) is 12.1. The smallest absolute Gasteiger partial charge is 0.283 e. The van der Waals surface area contributed by atoms with Gasteiger partial charge in [0.05, 0.1) is 18.4 Å². The summed E-state index contributed by atoms with van der Waals surface area (Å²) in [6.45, 7) is 3.12. The molecule has 6 heteroatoms. The minimum Gasteiger partial charge on any atom is -0.496 e. The zero-order valence-corrected chi connectivity index (χ0v) is 10.5. The first-order valence-electron chi connectivity index (χ1n) is 5.32. The van der Waals surface area contributed by atoms with Crippen molar-refractivity contribution in [2.24, 2.45) is 4.40 Å². The summed E-state index contributed by atoms with van der Waals surface area (Å²) < 4.78 is 32.6. The van der Waals surface area contributed by atoms with Gasteiger partial charge >= 0.3 is 0 Å². The van der Waals surface area contributed by atoms with Crippen LogP contribution in [0.3, 0.4) is 0 Å². The van der Waals surface area contributed by atoms with Crippen LogP contribution in [0.4, 0.5) is 0 Å². The summed E-state index contributed by atoms with van der Waals surface area (Å²) in [4.78, 5) is 0.227. The highest BCUT2D eigenvalue weighted by atomic mass is 32.2.